The van der Waals surface area contributed by atoms with Crippen molar-refractivity contribution >= 4 is 17.8 Å². The second-order valence-corrected chi connectivity index (χ2v) is 7.91. The van der Waals surface area contributed by atoms with Gasteiger partial charge in [0.15, 0.2) is 0 Å². The SMILES string of the molecule is COc1ccc(-c2ccc(/C=N/NC(=O)[C@@H]3[C@H]4CCCC[C@@]43C)o2)c([N+](=O)[O-])c1. The zero-order chi connectivity index (χ0) is 20.6. The predicted molar refractivity (Wildman–Crippen MR) is 107 cm³/mol. The first-order valence-corrected chi connectivity index (χ1v) is 9.69. The Bertz CT molecular complexity index is 982. The number of carbonyl (C=O) groups is 1. The number of ether oxygens (including phenoxy) is 1. The fraction of sp³-hybridized carbons (Fsp3) is 0.429. The number of rotatable bonds is 6. The van der Waals surface area contributed by atoms with Crippen molar-refractivity contribution in [3.63, 3.8) is 0 Å². The van der Waals surface area contributed by atoms with Crippen LogP contribution in [0.2, 0.25) is 0 Å². The van der Waals surface area contributed by atoms with Gasteiger partial charge in [-0.05, 0) is 48.4 Å². The molecule has 2 aromatic rings. The number of hydrazone groups is 1. The van der Waals surface area contributed by atoms with E-state index in [1.54, 1.807) is 24.3 Å². The molecule has 0 unspecified atom stereocenters. The number of nitrogens with one attached hydrogen (secondary N) is 1. The van der Waals surface area contributed by atoms with Gasteiger partial charge < -0.3 is 9.15 Å². The van der Waals surface area contributed by atoms with Gasteiger partial charge in [-0.15, -0.1) is 0 Å². The molecule has 2 aliphatic carbocycles. The van der Waals surface area contributed by atoms with E-state index in [0.717, 1.165) is 12.8 Å². The molecule has 8 nitrogen and oxygen atoms in total. The van der Waals surface area contributed by atoms with E-state index in [9.17, 15) is 14.9 Å². The van der Waals surface area contributed by atoms with Gasteiger partial charge in [0, 0.05) is 5.92 Å². The molecule has 4 rings (SSSR count). The average Bonchev–Trinajstić information content (AvgIpc) is 3.08. The number of nitro groups is 1. The lowest BCUT2D eigenvalue weighted by Crippen LogP contribution is -2.22. The Balaban J connectivity index is 1.44. The molecular weight excluding hydrogens is 374 g/mol. The second kappa shape index (κ2) is 7.35. The van der Waals surface area contributed by atoms with E-state index in [-0.39, 0.29) is 22.9 Å². The average molecular weight is 397 g/mol. The maximum Gasteiger partial charge on any atom is 0.284 e. The quantitative estimate of drug-likeness (QED) is 0.448. The van der Waals surface area contributed by atoms with Crippen LogP contribution in [0.1, 0.15) is 38.4 Å². The molecule has 2 saturated carbocycles. The molecule has 8 heteroatoms. The van der Waals surface area contributed by atoms with E-state index < -0.39 is 4.92 Å². The molecular formula is C21H23N3O5. The minimum absolute atomic E-state index is 0.0382. The Kier molecular flexibility index (Phi) is 4.86. The fourth-order valence-corrected chi connectivity index (χ4v) is 4.64. The third-order valence-electron chi connectivity index (χ3n) is 6.27. The summed E-state index contributed by atoms with van der Waals surface area (Å²) in [4.78, 5) is 23.3. The topological polar surface area (TPSA) is 107 Å². The fourth-order valence-electron chi connectivity index (χ4n) is 4.64. The van der Waals surface area contributed by atoms with E-state index in [1.807, 2.05) is 0 Å². The molecule has 1 amide bonds. The smallest absolute Gasteiger partial charge is 0.284 e. The van der Waals surface area contributed by atoms with Crippen LogP contribution >= 0.6 is 0 Å². The summed E-state index contributed by atoms with van der Waals surface area (Å²) >= 11 is 0. The Morgan fingerprint density at radius 3 is 2.90 bits per heavy atom. The summed E-state index contributed by atoms with van der Waals surface area (Å²) in [5.41, 5.74) is 2.97. The molecule has 1 heterocycles. The van der Waals surface area contributed by atoms with Gasteiger partial charge in [0.2, 0.25) is 5.91 Å². The van der Waals surface area contributed by atoms with Crippen LogP contribution in [0, 0.1) is 27.4 Å². The molecule has 1 aromatic heterocycles. The van der Waals surface area contributed by atoms with E-state index in [0.29, 0.717) is 28.8 Å². The summed E-state index contributed by atoms with van der Waals surface area (Å²) < 4.78 is 10.7. The Morgan fingerprint density at radius 2 is 2.21 bits per heavy atom. The first-order valence-electron chi connectivity index (χ1n) is 9.69. The van der Waals surface area contributed by atoms with Crippen molar-refractivity contribution in [3.8, 4) is 17.1 Å². The van der Waals surface area contributed by atoms with Crippen LogP contribution in [0.5, 0.6) is 5.75 Å². The van der Waals surface area contributed by atoms with Crippen molar-refractivity contribution < 1.29 is 18.9 Å². The van der Waals surface area contributed by atoms with Gasteiger partial charge in [-0.1, -0.05) is 19.8 Å². The van der Waals surface area contributed by atoms with Gasteiger partial charge in [-0.3, -0.25) is 14.9 Å². The van der Waals surface area contributed by atoms with E-state index >= 15 is 0 Å². The molecule has 0 radical (unpaired) electrons. The normalized spacial score (nSPS) is 25.4. The maximum atomic E-state index is 12.4. The van der Waals surface area contributed by atoms with Gasteiger partial charge >= 0.3 is 0 Å². The summed E-state index contributed by atoms with van der Waals surface area (Å²) in [5, 5.41) is 15.4. The molecule has 2 aliphatic rings. The summed E-state index contributed by atoms with van der Waals surface area (Å²) in [7, 11) is 1.45. The number of amides is 1. The van der Waals surface area contributed by atoms with Crippen molar-refractivity contribution in [1.29, 1.82) is 0 Å². The van der Waals surface area contributed by atoms with Crippen molar-refractivity contribution in [2.24, 2.45) is 22.4 Å². The zero-order valence-corrected chi connectivity index (χ0v) is 16.4. The second-order valence-electron chi connectivity index (χ2n) is 7.91. The number of carbonyl (C=O) groups excluding carboxylic acids is 1. The standard InChI is InChI=1S/C21H23N3O5/c1-21-10-4-3-5-16(21)19(21)20(25)23-22-12-14-7-9-18(29-14)15-8-6-13(28-2)11-17(15)24(26)27/h6-9,11-12,16,19H,3-5,10H2,1-2H3,(H,23,25)/b22-12+/t16-,19+,21+/m1/s1. The van der Waals surface area contributed by atoms with Crippen molar-refractivity contribution in [3.05, 3.63) is 46.2 Å². The van der Waals surface area contributed by atoms with Crippen molar-refractivity contribution in [1.82, 2.24) is 5.43 Å². The van der Waals surface area contributed by atoms with Crippen LogP contribution < -0.4 is 10.2 Å². The molecule has 0 aliphatic heterocycles. The van der Waals surface area contributed by atoms with Crippen LogP contribution in [-0.4, -0.2) is 24.2 Å². The van der Waals surface area contributed by atoms with E-state index in [2.05, 4.69) is 17.5 Å². The zero-order valence-electron chi connectivity index (χ0n) is 16.4. The van der Waals surface area contributed by atoms with Gasteiger partial charge in [0.05, 0.1) is 29.9 Å². The lowest BCUT2D eigenvalue weighted by Gasteiger charge is -2.15. The molecule has 29 heavy (non-hydrogen) atoms. The first kappa shape index (κ1) is 19.2. The predicted octanol–water partition coefficient (Wildman–Crippen LogP) is 4.14. The van der Waals surface area contributed by atoms with Crippen LogP contribution in [0.4, 0.5) is 5.69 Å². The summed E-state index contributed by atoms with van der Waals surface area (Å²) in [6.45, 7) is 2.19. The number of nitro benzene ring substituents is 1. The molecule has 1 N–H and O–H groups in total. The van der Waals surface area contributed by atoms with E-state index in [1.165, 1.54) is 32.2 Å². The van der Waals surface area contributed by atoms with Crippen molar-refractivity contribution in [2.75, 3.05) is 7.11 Å². The summed E-state index contributed by atoms with van der Waals surface area (Å²) in [6, 6.07) is 7.84. The van der Waals surface area contributed by atoms with Crippen molar-refractivity contribution in [2.45, 2.75) is 32.6 Å². The highest BCUT2D eigenvalue weighted by Gasteiger charge is 2.64. The third kappa shape index (κ3) is 3.50. The van der Waals surface area contributed by atoms with Crippen LogP contribution in [0.15, 0.2) is 39.9 Å². The van der Waals surface area contributed by atoms with Gasteiger partial charge in [-0.25, -0.2) is 5.43 Å². The Morgan fingerprint density at radius 1 is 1.38 bits per heavy atom. The summed E-state index contributed by atoms with van der Waals surface area (Å²) in [6.07, 6.45) is 6.00. The number of hydrogen-bond donors (Lipinski definition) is 1. The Hall–Kier alpha value is -3.16. The highest BCUT2D eigenvalue weighted by Crippen LogP contribution is 2.66. The molecule has 3 atom stereocenters. The molecule has 2 fully saturated rings. The first-order chi connectivity index (χ1) is 13.9. The van der Waals surface area contributed by atoms with Crippen LogP contribution in [0.3, 0.4) is 0 Å². The number of benzene rings is 1. The highest BCUT2D eigenvalue weighted by atomic mass is 16.6. The maximum absolute atomic E-state index is 12.4. The van der Waals surface area contributed by atoms with Crippen LogP contribution in [0.25, 0.3) is 11.3 Å². The monoisotopic (exact) mass is 397 g/mol. The number of fused-ring (bicyclic) bond motifs is 1. The summed E-state index contributed by atoms with van der Waals surface area (Å²) in [5.74, 6) is 1.59. The molecule has 152 valence electrons. The number of nitrogens with zero attached hydrogens (tertiary/aromatic N) is 2. The largest absolute Gasteiger partial charge is 0.497 e. The molecule has 1 aromatic carbocycles. The minimum Gasteiger partial charge on any atom is -0.497 e. The number of methoxy groups -OCH3 is 1. The minimum atomic E-state index is -0.482. The molecule has 0 spiro atoms. The number of hydrogen-bond acceptors (Lipinski definition) is 6. The van der Waals surface area contributed by atoms with Crippen LogP contribution in [-0.2, 0) is 4.79 Å². The highest BCUT2D eigenvalue weighted by molar-refractivity contribution is 5.85. The Labute approximate surface area is 168 Å². The molecule has 0 saturated heterocycles. The lowest BCUT2D eigenvalue weighted by molar-refractivity contribution is -0.384. The van der Waals surface area contributed by atoms with Gasteiger partial charge in [-0.2, -0.15) is 5.10 Å². The van der Waals surface area contributed by atoms with Gasteiger partial charge in [0.1, 0.15) is 17.3 Å². The van der Waals surface area contributed by atoms with Gasteiger partial charge in [0.25, 0.3) is 5.69 Å². The molecule has 0 bridgehead atoms. The van der Waals surface area contributed by atoms with E-state index in [4.69, 9.17) is 9.15 Å². The third-order valence-corrected chi connectivity index (χ3v) is 6.27. The number of furan rings is 1. The lowest BCUT2D eigenvalue weighted by atomic mass is 9.90.